The van der Waals surface area contributed by atoms with E-state index >= 15 is 0 Å². The Hall–Kier alpha value is -2.56. The molecule has 0 saturated carbocycles. The van der Waals surface area contributed by atoms with Crippen LogP contribution in [0.3, 0.4) is 0 Å². The normalized spacial score (nSPS) is 11.3. The predicted molar refractivity (Wildman–Crippen MR) is 107 cm³/mol. The highest BCUT2D eigenvalue weighted by atomic mass is 32.2. The molecule has 5 nitrogen and oxygen atoms in total. The van der Waals surface area contributed by atoms with Gasteiger partial charge in [0.25, 0.3) is 0 Å². The number of nitrogens with zero attached hydrogens (tertiary/aromatic N) is 1. The van der Waals surface area contributed by atoms with Crippen LogP contribution in [0.25, 0.3) is 0 Å². The summed E-state index contributed by atoms with van der Waals surface area (Å²) in [5.74, 6) is 5.12. The van der Waals surface area contributed by atoms with Gasteiger partial charge < -0.3 is 0 Å². The first-order valence-corrected chi connectivity index (χ1v) is 11.6. The number of rotatable bonds is 6. The van der Waals surface area contributed by atoms with E-state index in [4.69, 9.17) is 0 Å². The summed E-state index contributed by atoms with van der Waals surface area (Å²) in [5.41, 5.74) is 1.63. The third-order valence-electron chi connectivity index (χ3n) is 3.72. The van der Waals surface area contributed by atoms with Crippen LogP contribution in [0.5, 0.6) is 0 Å². The SMILES string of the molecule is C=C(CS(=O)(=O)c1ccc(C)cc1)N(CC#Cc1ccccc1)S(C)(=O)=O. The molecule has 0 amide bonds. The lowest BCUT2D eigenvalue weighted by atomic mass is 10.2. The van der Waals surface area contributed by atoms with Crippen molar-refractivity contribution in [3.05, 3.63) is 78.0 Å². The van der Waals surface area contributed by atoms with Gasteiger partial charge in [-0.1, -0.05) is 54.3 Å². The molecular weight excluding hydrogens is 382 g/mol. The Morgan fingerprint density at radius 1 is 1.00 bits per heavy atom. The summed E-state index contributed by atoms with van der Waals surface area (Å²) in [6, 6.07) is 15.5. The molecule has 2 aromatic rings. The fourth-order valence-electron chi connectivity index (χ4n) is 2.32. The van der Waals surface area contributed by atoms with E-state index in [1.807, 2.05) is 25.1 Å². The molecule has 0 aliphatic heterocycles. The summed E-state index contributed by atoms with van der Waals surface area (Å²) in [6.07, 6.45) is 1.00. The minimum Gasteiger partial charge on any atom is -0.262 e. The highest BCUT2D eigenvalue weighted by molar-refractivity contribution is 7.91. The zero-order chi connectivity index (χ0) is 20.1. The Bertz CT molecular complexity index is 1080. The average molecular weight is 404 g/mol. The second-order valence-corrected chi connectivity index (χ2v) is 9.97. The number of sulfonamides is 1. The van der Waals surface area contributed by atoms with Gasteiger partial charge in [0.05, 0.1) is 23.4 Å². The van der Waals surface area contributed by atoms with Gasteiger partial charge >= 0.3 is 0 Å². The van der Waals surface area contributed by atoms with E-state index in [0.29, 0.717) is 0 Å². The number of sulfone groups is 1. The van der Waals surface area contributed by atoms with Crippen molar-refractivity contribution in [3.63, 3.8) is 0 Å². The third kappa shape index (κ3) is 5.98. The van der Waals surface area contributed by atoms with Crippen LogP contribution < -0.4 is 0 Å². The van der Waals surface area contributed by atoms with Crippen LogP contribution in [-0.4, -0.2) is 39.7 Å². The molecule has 2 aromatic carbocycles. The summed E-state index contributed by atoms with van der Waals surface area (Å²) in [4.78, 5) is 0.123. The maximum Gasteiger partial charge on any atom is 0.232 e. The maximum atomic E-state index is 12.6. The quantitative estimate of drug-likeness (QED) is 0.695. The monoisotopic (exact) mass is 403 g/mol. The van der Waals surface area contributed by atoms with E-state index < -0.39 is 25.6 Å². The molecule has 27 heavy (non-hydrogen) atoms. The molecule has 0 N–H and O–H groups in total. The van der Waals surface area contributed by atoms with Crippen molar-refractivity contribution in [2.75, 3.05) is 18.6 Å². The van der Waals surface area contributed by atoms with Crippen LogP contribution in [0, 0.1) is 18.8 Å². The van der Waals surface area contributed by atoms with Gasteiger partial charge in [0.1, 0.15) is 0 Å². The molecule has 0 radical (unpaired) electrons. The minimum absolute atomic E-state index is 0.0413. The lowest BCUT2D eigenvalue weighted by molar-refractivity contribution is 0.513. The third-order valence-corrected chi connectivity index (χ3v) is 6.61. The van der Waals surface area contributed by atoms with Gasteiger partial charge in [0.2, 0.25) is 10.0 Å². The highest BCUT2D eigenvalue weighted by Crippen LogP contribution is 2.17. The molecular formula is C20H21NO4S2. The lowest BCUT2D eigenvalue weighted by Gasteiger charge is -2.22. The molecule has 0 aromatic heterocycles. The Labute approximate surface area is 161 Å². The molecule has 0 aliphatic rings. The van der Waals surface area contributed by atoms with Crippen LogP contribution in [0.4, 0.5) is 0 Å². The van der Waals surface area contributed by atoms with E-state index in [2.05, 4.69) is 18.4 Å². The van der Waals surface area contributed by atoms with Crippen molar-refractivity contribution >= 4 is 19.9 Å². The molecule has 0 spiro atoms. The Balaban J connectivity index is 2.20. The van der Waals surface area contributed by atoms with E-state index in [1.54, 1.807) is 24.3 Å². The number of hydrogen-bond donors (Lipinski definition) is 0. The summed E-state index contributed by atoms with van der Waals surface area (Å²) >= 11 is 0. The van der Waals surface area contributed by atoms with Crippen molar-refractivity contribution in [1.29, 1.82) is 0 Å². The van der Waals surface area contributed by atoms with Crippen molar-refractivity contribution in [3.8, 4) is 11.8 Å². The average Bonchev–Trinajstić information content (AvgIpc) is 2.58. The van der Waals surface area contributed by atoms with Gasteiger partial charge in [0.15, 0.2) is 9.84 Å². The Kier molecular flexibility index (Phi) is 6.47. The second kappa shape index (κ2) is 8.42. The van der Waals surface area contributed by atoms with Crippen molar-refractivity contribution < 1.29 is 16.8 Å². The number of aryl methyl sites for hydroxylation is 1. The number of hydrogen-bond acceptors (Lipinski definition) is 4. The molecule has 142 valence electrons. The van der Waals surface area contributed by atoms with Gasteiger partial charge in [-0.05, 0) is 31.2 Å². The van der Waals surface area contributed by atoms with Gasteiger partial charge in [-0.2, -0.15) is 0 Å². The number of benzene rings is 2. The van der Waals surface area contributed by atoms with Gasteiger partial charge in [0, 0.05) is 11.3 Å². The van der Waals surface area contributed by atoms with Gasteiger partial charge in [-0.3, -0.25) is 4.31 Å². The predicted octanol–water partition coefficient (Wildman–Crippen LogP) is 2.60. The van der Waals surface area contributed by atoms with Crippen molar-refractivity contribution in [2.45, 2.75) is 11.8 Å². The van der Waals surface area contributed by atoms with Crippen molar-refractivity contribution in [1.82, 2.24) is 4.31 Å². The molecule has 0 fully saturated rings. The van der Waals surface area contributed by atoms with E-state index in [0.717, 1.165) is 21.7 Å². The first-order valence-electron chi connectivity index (χ1n) is 8.08. The van der Waals surface area contributed by atoms with Crippen LogP contribution >= 0.6 is 0 Å². The van der Waals surface area contributed by atoms with Gasteiger partial charge in [-0.25, -0.2) is 16.8 Å². The van der Waals surface area contributed by atoms with Crippen LogP contribution in [0.15, 0.2) is 71.8 Å². The lowest BCUT2D eigenvalue weighted by Crippen LogP contribution is -2.32. The fraction of sp³-hybridized carbons (Fsp3) is 0.200. The summed E-state index contributed by atoms with van der Waals surface area (Å²) < 4.78 is 50.2. The van der Waals surface area contributed by atoms with Gasteiger partial charge in [-0.15, -0.1) is 0 Å². The zero-order valence-electron chi connectivity index (χ0n) is 15.2. The van der Waals surface area contributed by atoms with Crippen LogP contribution in [0.1, 0.15) is 11.1 Å². The molecule has 0 unspecified atom stereocenters. The fourth-order valence-corrected chi connectivity index (χ4v) is 4.55. The molecule has 0 aliphatic carbocycles. The first kappa shape index (κ1) is 20.7. The summed E-state index contributed by atoms with van der Waals surface area (Å²) in [6.45, 7) is 5.36. The summed E-state index contributed by atoms with van der Waals surface area (Å²) in [5, 5.41) is 0. The Morgan fingerprint density at radius 3 is 2.15 bits per heavy atom. The molecule has 0 heterocycles. The van der Waals surface area contributed by atoms with E-state index in [-0.39, 0.29) is 17.1 Å². The standard InChI is InChI=1S/C20H21NO4S2/c1-17-11-13-20(14-12-17)27(24,25)16-18(2)21(26(3,22)23)15-7-10-19-8-5-4-6-9-19/h4-6,8-9,11-14H,2,15-16H2,1,3H3. The van der Waals surface area contributed by atoms with E-state index in [1.165, 1.54) is 12.1 Å². The summed E-state index contributed by atoms with van der Waals surface area (Å²) in [7, 11) is -7.43. The Morgan fingerprint density at radius 2 is 1.59 bits per heavy atom. The topological polar surface area (TPSA) is 71.5 Å². The highest BCUT2D eigenvalue weighted by Gasteiger charge is 2.23. The first-order chi connectivity index (χ1) is 12.6. The molecule has 7 heteroatoms. The van der Waals surface area contributed by atoms with Crippen molar-refractivity contribution in [2.24, 2.45) is 0 Å². The molecule has 0 atom stereocenters. The molecule has 0 saturated heterocycles. The molecule has 0 bridgehead atoms. The smallest absolute Gasteiger partial charge is 0.232 e. The maximum absolute atomic E-state index is 12.6. The second-order valence-electron chi connectivity index (χ2n) is 6.08. The largest absolute Gasteiger partial charge is 0.262 e. The molecule has 2 rings (SSSR count). The minimum atomic E-state index is -3.71. The zero-order valence-corrected chi connectivity index (χ0v) is 16.8. The van der Waals surface area contributed by atoms with E-state index in [9.17, 15) is 16.8 Å². The van der Waals surface area contributed by atoms with Crippen LogP contribution in [0.2, 0.25) is 0 Å². The van der Waals surface area contributed by atoms with Crippen LogP contribution in [-0.2, 0) is 19.9 Å².